The van der Waals surface area contributed by atoms with E-state index in [4.69, 9.17) is 4.74 Å². The van der Waals surface area contributed by atoms with Gasteiger partial charge < -0.3 is 15.0 Å². The molecule has 0 radical (unpaired) electrons. The molecule has 10 heteroatoms. The van der Waals surface area contributed by atoms with Crippen molar-refractivity contribution < 1.29 is 27.1 Å². The Balaban J connectivity index is 2.18. The van der Waals surface area contributed by atoms with Crippen LogP contribution in [-0.4, -0.2) is 57.6 Å². The molecule has 0 aliphatic heterocycles. The van der Waals surface area contributed by atoms with Crippen LogP contribution in [0.3, 0.4) is 0 Å². The fourth-order valence-electron chi connectivity index (χ4n) is 3.58. The molecular weight excluding hydrogens is 473 g/mol. The second kappa shape index (κ2) is 13.1. The highest BCUT2D eigenvalue weighted by atomic mass is 32.2. The molecule has 0 fully saturated rings. The van der Waals surface area contributed by atoms with Crippen molar-refractivity contribution in [1.29, 1.82) is 0 Å². The lowest BCUT2D eigenvalue weighted by molar-refractivity contribution is -0.140. The molecular formula is C25H34FN3O5S. The van der Waals surface area contributed by atoms with E-state index in [0.29, 0.717) is 12.3 Å². The van der Waals surface area contributed by atoms with Gasteiger partial charge in [-0.1, -0.05) is 31.2 Å². The Kier molecular flexibility index (Phi) is 10.5. The number of para-hydroxylation sites is 1. The highest BCUT2D eigenvalue weighted by Crippen LogP contribution is 2.22. The first-order valence-corrected chi connectivity index (χ1v) is 13.4. The van der Waals surface area contributed by atoms with Crippen molar-refractivity contribution in [2.75, 3.05) is 30.8 Å². The van der Waals surface area contributed by atoms with Crippen LogP contribution in [0.2, 0.25) is 0 Å². The number of carbonyl (C=O) groups is 2. The molecule has 35 heavy (non-hydrogen) atoms. The average molecular weight is 508 g/mol. The number of amides is 2. The Hall–Kier alpha value is -3.14. The van der Waals surface area contributed by atoms with Crippen molar-refractivity contribution in [2.24, 2.45) is 0 Å². The first-order chi connectivity index (χ1) is 16.6. The number of methoxy groups -OCH3 is 1. The zero-order valence-corrected chi connectivity index (χ0v) is 21.5. The summed E-state index contributed by atoms with van der Waals surface area (Å²) in [6, 6.07) is 12.1. The lowest BCUT2D eigenvalue weighted by atomic mass is 10.1. The maximum Gasteiger partial charge on any atom is 0.242 e. The van der Waals surface area contributed by atoms with E-state index in [0.717, 1.165) is 22.5 Å². The van der Waals surface area contributed by atoms with Gasteiger partial charge in [-0.05, 0) is 49.6 Å². The summed E-state index contributed by atoms with van der Waals surface area (Å²) < 4.78 is 45.0. The fourth-order valence-corrected chi connectivity index (χ4v) is 4.55. The van der Waals surface area contributed by atoms with Gasteiger partial charge in [0.15, 0.2) is 0 Å². The monoisotopic (exact) mass is 507 g/mol. The summed E-state index contributed by atoms with van der Waals surface area (Å²) in [6.07, 6.45) is 1.89. The lowest BCUT2D eigenvalue weighted by Gasteiger charge is -2.29. The van der Waals surface area contributed by atoms with Gasteiger partial charge in [0.05, 0.1) is 19.1 Å². The third-order valence-corrected chi connectivity index (χ3v) is 6.66. The molecule has 2 amide bonds. The SMILES string of the molecule is CCCNC(=O)[C@H](C)N(Cc1cccc(OC)c1)C(=O)CCCN(c1ccccc1F)S(C)(=O)=O. The first kappa shape index (κ1) is 28.1. The van der Waals surface area contributed by atoms with E-state index in [1.165, 1.54) is 23.1 Å². The van der Waals surface area contributed by atoms with Gasteiger partial charge in [-0.3, -0.25) is 13.9 Å². The van der Waals surface area contributed by atoms with Crippen molar-refractivity contribution in [2.45, 2.75) is 45.7 Å². The van der Waals surface area contributed by atoms with Gasteiger partial charge in [0, 0.05) is 26.1 Å². The van der Waals surface area contributed by atoms with Crippen molar-refractivity contribution >= 4 is 27.5 Å². The highest BCUT2D eigenvalue weighted by molar-refractivity contribution is 7.92. The van der Waals surface area contributed by atoms with Crippen molar-refractivity contribution in [3.05, 3.63) is 59.9 Å². The molecule has 0 aliphatic carbocycles. The summed E-state index contributed by atoms with van der Waals surface area (Å²) in [5.74, 6) is -0.613. The van der Waals surface area contributed by atoms with Crippen LogP contribution in [-0.2, 0) is 26.2 Å². The summed E-state index contributed by atoms with van der Waals surface area (Å²) in [5, 5.41) is 2.81. The molecule has 0 saturated heterocycles. The summed E-state index contributed by atoms with van der Waals surface area (Å²) in [7, 11) is -2.22. The van der Waals surface area contributed by atoms with Crippen LogP contribution in [0.15, 0.2) is 48.5 Å². The summed E-state index contributed by atoms with van der Waals surface area (Å²) in [6.45, 7) is 4.20. The number of nitrogens with one attached hydrogen (secondary N) is 1. The Morgan fingerprint density at radius 1 is 1.14 bits per heavy atom. The number of ether oxygens (including phenoxy) is 1. The van der Waals surface area contributed by atoms with Gasteiger partial charge in [0.2, 0.25) is 21.8 Å². The van der Waals surface area contributed by atoms with E-state index in [-0.39, 0.29) is 43.4 Å². The number of benzene rings is 2. The molecule has 0 bridgehead atoms. The number of hydrogen-bond donors (Lipinski definition) is 1. The molecule has 2 rings (SSSR count). The minimum absolute atomic E-state index is 0.0180. The second-order valence-corrected chi connectivity index (χ2v) is 10.1. The molecule has 2 aromatic rings. The smallest absolute Gasteiger partial charge is 0.242 e. The molecule has 0 spiro atoms. The van der Waals surface area contributed by atoms with Gasteiger partial charge >= 0.3 is 0 Å². The highest BCUT2D eigenvalue weighted by Gasteiger charge is 2.27. The average Bonchev–Trinajstić information content (AvgIpc) is 2.83. The van der Waals surface area contributed by atoms with E-state index in [9.17, 15) is 22.4 Å². The van der Waals surface area contributed by atoms with Gasteiger partial charge in [0.1, 0.15) is 17.6 Å². The summed E-state index contributed by atoms with van der Waals surface area (Å²) >= 11 is 0. The van der Waals surface area contributed by atoms with Gasteiger partial charge in [0.25, 0.3) is 0 Å². The topological polar surface area (TPSA) is 96.0 Å². The number of anilines is 1. The predicted octanol–water partition coefficient (Wildman–Crippen LogP) is 3.32. The molecule has 1 atom stereocenters. The third kappa shape index (κ3) is 8.24. The van der Waals surface area contributed by atoms with Crippen molar-refractivity contribution in [3.8, 4) is 5.75 Å². The number of sulfonamides is 1. The summed E-state index contributed by atoms with van der Waals surface area (Å²) in [4.78, 5) is 27.3. The van der Waals surface area contributed by atoms with Gasteiger partial charge in [-0.2, -0.15) is 0 Å². The van der Waals surface area contributed by atoms with E-state index in [1.807, 2.05) is 13.0 Å². The fraction of sp³-hybridized carbons (Fsp3) is 0.440. The summed E-state index contributed by atoms with van der Waals surface area (Å²) in [5.41, 5.74) is 0.722. The van der Waals surface area contributed by atoms with Crippen LogP contribution in [0, 0.1) is 5.82 Å². The zero-order valence-electron chi connectivity index (χ0n) is 20.7. The molecule has 2 aromatic carbocycles. The van der Waals surface area contributed by atoms with Crippen LogP contribution in [0.4, 0.5) is 10.1 Å². The quantitative estimate of drug-likeness (QED) is 0.449. The maximum absolute atomic E-state index is 14.2. The number of hydrogen-bond acceptors (Lipinski definition) is 5. The molecule has 0 unspecified atom stereocenters. The van der Waals surface area contributed by atoms with Crippen molar-refractivity contribution in [3.63, 3.8) is 0 Å². The normalized spacial score (nSPS) is 12.0. The molecule has 0 heterocycles. The van der Waals surface area contributed by atoms with Gasteiger partial charge in [-0.15, -0.1) is 0 Å². The lowest BCUT2D eigenvalue weighted by Crippen LogP contribution is -2.47. The number of carbonyl (C=O) groups excluding carboxylic acids is 2. The number of nitrogens with zero attached hydrogens (tertiary/aromatic N) is 2. The van der Waals surface area contributed by atoms with Crippen LogP contribution in [0.5, 0.6) is 5.75 Å². The van der Waals surface area contributed by atoms with E-state index >= 15 is 0 Å². The van der Waals surface area contributed by atoms with Crippen LogP contribution in [0.25, 0.3) is 0 Å². The molecule has 0 aliphatic rings. The largest absolute Gasteiger partial charge is 0.497 e. The Morgan fingerprint density at radius 2 is 1.86 bits per heavy atom. The Morgan fingerprint density at radius 3 is 2.49 bits per heavy atom. The minimum Gasteiger partial charge on any atom is -0.497 e. The Labute approximate surface area is 207 Å². The second-order valence-electron chi connectivity index (χ2n) is 8.23. The minimum atomic E-state index is -3.76. The molecule has 192 valence electrons. The predicted molar refractivity (Wildman–Crippen MR) is 134 cm³/mol. The molecule has 0 saturated carbocycles. The standard InChI is InChI=1S/C25H34FN3O5S/c1-5-15-27-25(31)19(2)28(18-20-10-8-11-21(17-20)34-3)24(30)14-9-16-29(35(4,32)33)23-13-7-6-12-22(23)26/h6-8,10-13,17,19H,5,9,14-16,18H2,1-4H3,(H,27,31)/t19-/m0/s1. The van der Waals surface area contributed by atoms with Gasteiger partial charge in [-0.25, -0.2) is 12.8 Å². The maximum atomic E-state index is 14.2. The molecule has 0 aromatic heterocycles. The molecule has 1 N–H and O–H groups in total. The van der Waals surface area contributed by atoms with E-state index in [1.54, 1.807) is 38.3 Å². The van der Waals surface area contributed by atoms with E-state index in [2.05, 4.69) is 5.32 Å². The van der Waals surface area contributed by atoms with Crippen LogP contribution in [0.1, 0.15) is 38.7 Å². The zero-order chi connectivity index (χ0) is 26.0. The van der Waals surface area contributed by atoms with Crippen molar-refractivity contribution in [1.82, 2.24) is 10.2 Å². The van der Waals surface area contributed by atoms with E-state index < -0.39 is 21.9 Å². The third-order valence-electron chi connectivity index (χ3n) is 5.48. The molecule has 8 nitrogen and oxygen atoms in total. The number of halogens is 1. The Bertz CT molecular complexity index is 1110. The van der Waals surface area contributed by atoms with Crippen LogP contribution < -0.4 is 14.4 Å². The number of rotatable bonds is 13. The first-order valence-electron chi connectivity index (χ1n) is 11.5. The van der Waals surface area contributed by atoms with Crippen LogP contribution >= 0.6 is 0 Å².